The number of thioether (sulfide) groups is 1. The summed E-state index contributed by atoms with van der Waals surface area (Å²) in [5, 5.41) is 13.0. The minimum atomic E-state index is -0.144. The highest BCUT2D eigenvalue weighted by atomic mass is 32.2. The van der Waals surface area contributed by atoms with Crippen molar-refractivity contribution in [1.29, 1.82) is 5.26 Å². The van der Waals surface area contributed by atoms with Gasteiger partial charge in [0.2, 0.25) is 0 Å². The Kier molecular flexibility index (Phi) is 4.51. The second kappa shape index (κ2) is 6.55. The maximum absolute atomic E-state index is 12.4. The van der Waals surface area contributed by atoms with E-state index < -0.39 is 0 Å². The van der Waals surface area contributed by atoms with Crippen LogP contribution in [-0.4, -0.2) is 11.7 Å². The molecule has 1 aromatic heterocycles. The van der Waals surface area contributed by atoms with Crippen molar-refractivity contribution in [2.75, 3.05) is 11.1 Å². The van der Waals surface area contributed by atoms with Gasteiger partial charge in [0.25, 0.3) is 5.91 Å². The highest BCUT2D eigenvalue weighted by Gasteiger charge is 2.23. The molecular weight excluding hydrogens is 312 g/mol. The molecule has 1 aromatic carbocycles. The number of rotatable bonds is 4. The van der Waals surface area contributed by atoms with Crippen molar-refractivity contribution in [3.63, 3.8) is 0 Å². The van der Waals surface area contributed by atoms with Crippen LogP contribution in [0.25, 0.3) is 0 Å². The van der Waals surface area contributed by atoms with Crippen molar-refractivity contribution in [2.45, 2.75) is 31.1 Å². The number of carbonyl (C=O) groups is 1. The number of hydrogen-bond acceptors (Lipinski definition) is 4. The molecule has 1 heterocycles. The molecular formula is C17H16N2OS2. The van der Waals surface area contributed by atoms with Gasteiger partial charge in [-0.05, 0) is 48.8 Å². The monoisotopic (exact) mass is 328 g/mol. The average Bonchev–Trinajstić information content (AvgIpc) is 3.08. The summed E-state index contributed by atoms with van der Waals surface area (Å²) in [6.07, 6.45) is 3.08. The van der Waals surface area contributed by atoms with Gasteiger partial charge in [-0.15, -0.1) is 23.1 Å². The van der Waals surface area contributed by atoms with Gasteiger partial charge in [-0.25, -0.2) is 0 Å². The summed E-state index contributed by atoms with van der Waals surface area (Å²) in [5.74, 6) is 0.830. The van der Waals surface area contributed by atoms with Gasteiger partial charge in [0.05, 0.1) is 5.56 Å². The number of nitriles is 1. The molecule has 0 fully saturated rings. The Hall–Kier alpha value is -1.77. The molecule has 0 atom stereocenters. The van der Waals surface area contributed by atoms with E-state index in [9.17, 15) is 10.1 Å². The maximum Gasteiger partial charge on any atom is 0.256 e. The predicted octanol–water partition coefficient (Wildman–Crippen LogP) is 4.47. The number of benzene rings is 1. The van der Waals surface area contributed by atoms with Crippen LogP contribution in [0.1, 0.15) is 39.7 Å². The van der Waals surface area contributed by atoms with Crippen molar-refractivity contribution in [1.82, 2.24) is 0 Å². The number of amides is 1. The van der Waals surface area contributed by atoms with Gasteiger partial charge in [-0.1, -0.05) is 13.0 Å². The van der Waals surface area contributed by atoms with Crippen LogP contribution in [0.4, 0.5) is 5.00 Å². The highest BCUT2D eigenvalue weighted by Crippen LogP contribution is 2.38. The number of nitrogens with zero attached hydrogens (tertiary/aromatic N) is 1. The van der Waals surface area contributed by atoms with Crippen LogP contribution >= 0.6 is 23.1 Å². The van der Waals surface area contributed by atoms with E-state index >= 15 is 0 Å². The van der Waals surface area contributed by atoms with Crippen LogP contribution in [-0.2, 0) is 12.8 Å². The lowest BCUT2D eigenvalue weighted by Crippen LogP contribution is -2.11. The molecule has 0 saturated carbocycles. The lowest BCUT2D eigenvalue weighted by molar-refractivity contribution is 0.102. The number of aryl methyl sites for hydroxylation is 1. The zero-order valence-electron chi connectivity index (χ0n) is 12.3. The number of hydrogen-bond donors (Lipinski definition) is 1. The second-order valence-electron chi connectivity index (χ2n) is 5.09. The molecule has 0 saturated heterocycles. The molecule has 0 aliphatic heterocycles. The Morgan fingerprint density at radius 3 is 3.09 bits per heavy atom. The van der Waals surface area contributed by atoms with Gasteiger partial charge in [-0.3, -0.25) is 4.79 Å². The Morgan fingerprint density at radius 1 is 1.45 bits per heavy atom. The van der Waals surface area contributed by atoms with Crippen molar-refractivity contribution >= 4 is 34.0 Å². The van der Waals surface area contributed by atoms with Crippen molar-refractivity contribution in [3.05, 3.63) is 45.8 Å². The summed E-state index contributed by atoms with van der Waals surface area (Å²) < 4.78 is 0. The third kappa shape index (κ3) is 2.90. The predicted molar refractivity (Wildman–Crippen MR) is 91.9 cm³/mol. The summed E-state index contributed by atoms with van der Waals surface area (Å²) in [6.45, 7) is 2.09. The molecule has 0 bridgehead atoms. The first kappa shape index (κ1) is 15.1. The van der Waals surface area contributed by atoms with E-state index in [4.69, 9.17) is 0 Å². The smallest absolute Gasteiger partial charge is 0.256 e. The molecule has 0 radical (unpaired) electrons. The van der Waals surface area contributed by atoms with Gasteiger partial charge in [0.1, 0.15) is 11.1 Å². The summed E-state index contributed by atoms with van der Waals surface area (Å²) in [5.41, 5.74) is 2.43. The van der Waals surface area contributed by atoms with E-state index in [1.54, 1.807) is 23.1 Å². The minimum absolute atomic E-state index is 0.144. The largest absolute Gasteiger partial charge is 0.312 e. The molecule has 1 aliphatic rings. The molecule has 3 nitrogen and oxygen atoms in total. The van der Waals surface area contributed by atoms with Crippen LogP contribution in [0.2, 0.25) is 0 Å². The number of thiophene rings is 1. The normalized spacial score (nSPS) is 12.7. The molecule has 1 aliphatic carbocycles. The first-order valence-corrected chi connectivity index (χ1v) is 9.12. The van der Waals surface area contributed by atoms with Crippen LogP contribution in [0, 0.1) is 11.3 Å². The van der Waals surface area contributed by atoms with Gasteiger partial charge in [0, 0.05) is 15.3 Å². The van der Waals surface area contributed by atoms with Crippen molar-refractivity contribution < 1.29 is 4.79 Å². The average molecular weight is 328 g/mol. The highest BCUT2D eigenvalue weighted by molar-refractivity contribution is 7.99. The van der Waals surface area contributed by atoms with E-state index in [0.717, 1.165) is 35.5 Å². The molecule has 2 aromatic rings. The molecule has 112 valence electrons. The Labute approximate surface area is 138 Å². The summed E-state index contributed by atoms with van der Waals surface area (Å²) in [6, 6.07) is 9.86. The SMILES string of the molecule is CCSc1cccc(C(=O)Nc2sc3c(c2C#N)CCC3)c1. The quantitative estimate of drug-likeness (QED) is 0.842. The first-order valence-electron chi connectivity index (χ1n) is 7.31. The Morgan fingerprint density at radius 2 is 2.32 bits per heavy atom. The van der Waals surface area contributed by atoms with Crippen molar-refractivity contribution in [2.24, 2.45) is 0 Å². The zero-order chi connectivity index (χ0) is 15.5. The van der Waals surface area contributed by atoms with Crippen LogP contribution in [0.15, 0.2) is 29.2 Å². The number of anilines is 1. The topological polar surface area (TPSA) is 52.9 Å². The molecule has 0 spiro atoms. The van der Waals surface area contributed by atoms with Crippen molar-refractivity contribution in [3.8, 4) is 6.07 Å². The fourth-order valence-corrected chi connectivity index (χ4v) is 4.63. The summed E-state index contributed by atoms with van der Waals surface area (Å²) >= 11 is 3.26. The van der Waals surface area contributed by atoms with E-state index in [1.807, 2.05) is 24.3 Å². The number of nitrogens with one attached hydrogen (secondary N) is 1. The number of carbonyl (C=O) groups excluding carboxylic acids is 1. The molecule has 1 amide bonds. The van der Waals surface area contributed by atoms with Gasteiger partial charge in [0.15, 0.2) is 0 Å². The maximum atomic E-state index is 12.4. The van der Waals surface area contributed by atoms with E-state index in [1.165, 1.54) is 4.88 Å². The van der Waals surface area contributed by atoms with E-state index in [2.05, 4.69) is 18.3 Å². The number of fused-ring (bicyclic) bond motifs is 1. The molecule has 3 rings (SSSR count). The van der Waals surface area contributed by atoms with Gasteiger partial charge in [-0.2, -0.15) is 5.26 Å². The first-order chi connectivity index (χ1) is 10.7. The summed E-state index contributed by atoms with van der Waals surface area (Å²) in [4.78, 5) is 14.8. The van der Waals surface area contributed by atoms with Crippen LogP contribution < -0.4 is 5.32 Å². The third-order valence-corrected chi connectivity index (χ3v) is 5.75. The molecule has 5 heteroatoms. The van der Waals surface area contributed by atoms with Gasteiger partial charge >= 0.3 is 0 Å². The Bertz CT molecular complexity index is 759. The van der Waals surface area contributed by atoms with E-state index in [-0.39, 0.29) is 5.91 Å². The zero-order valence-corrected chi connectivity index (χ0v) is 13.9. The lowest BCUT2D eigenvalue weighted by Gasteiger charge is -2.06. The molecule has 22 heavy (non-hydrogen) atoms. The standard InChI is InChI=1S/C17H16N2OS2/c1-2-21-12-6-3-5-11(9-12)16(20)19-17-14(10-18)13-7-4-8-15(13)22-17/h3,5-6,9H,2,4,7-8H2,1H3,(H,19,20). The third-order valence-electron chi connectivity index (χ3n) is 3.67. The lowest BCUT2D eigenvalue weighted by atomic mass is 10.1. The molecule has 1 N–H and O–H groups in total. The van der Waals surface area contributed by atoms with Crippen LogP contribution in [0.3, 0.4) is 0 Å². The Balaban J connectivity index is 1.83. The fourth-order valence-electron chi connectivity index (χ4n) is 2.68. The molecule has 0 unspecified atom stereocenters. The fraction of sp³-hybridized carbons (Fsp3) is 0.294. The van der Waals surface area contributed by atoms with Crippen LogP contribution in [0.5, 0.6) is 0 Å². The summed E-state index contributed by atoms with van der Waals surface area (Å²) in [7, 11) is 0. The van der Waals surface area contributed by atoms with Gasteiger partial charge < -0.3 is 5.32 Å². The van der Waals surface area contributed by atoms with E-state index in [0.29, 0.717) is 16.1 Å². The second-order valence-corrected chi connectivity index (χ2v) is 7.53. The minimum Gasteiger partial charge on any atom is -0.312 e.